The molecular weight excluding hydrogens is 507 g/mol. The summed E-state index contributed by atoms with van der Waals surface area (Å²) in [5.74, 6) is 4.07. The van der Waals surface area contributed by atoms with Gasteiger partial charge < -0.3 is 19.4 Å². The number of nitrogens with zero attached hydrogens (tertiary/aromatic N) is 8. The molecule has 2 unspecified atom stereocenters. The Labute approximate surface area is 236 Å². The van der Waals surface area contributed by atoms with Gasteiger partial charge in [-0.15, -0.1) is 6.42 Å². The molecule has 2 aliphatic rings. The molecule has 2 saturated heterocycles. The van der Waals surface area contributed by atoms with E-state index in [9.17, 15) is 4.39 Å². The second-order valence-corrected chi connectivity index (χ2v) is 10.9. The molecule has 10 heteroatoms. The summed E-state index contributed by atoms with van der Waals surface area (Å²) in [6, 6.07) is 5.83. The lowest BCUT2D eigenvalue weighted by Crippen LogP contribution is -2.54. The van der Waals surface area contributed by atoms with Crippen LogP contribution in [-0.2, 0) is 4.74 Å². The van der Waals surface area contributed by atoms with Gasteiger partial charge >= 0.3 is 0 Å². The zero-order chi connectivity index (χ0) is 28.2. The Hall–Kier alpha value is -3.42. The number of aryl methyl sites for hydroxylation is 1. The van der Waals surface area contributed by atoms with E-state index < -0.39 is 0 Å². The quantitative estimate of drug-likeness (QED) is 0.376. The van der Waals surface area contributed by atoms with Gasteiger partial charge in [0, 0.05) is 70.7 Å². The number of anilines is 3. The fourth-order valence-corrected chi connectivity index (χ4v) is 5.90. The van der Waals surface area contributed by atoms with Crippen LogP contribution in [0.4, 0.5) is 21.8 Å². The van der Waals surface area contributed by atoms with Crippen molar-refractivity contribution in [1.29, 1.82) is 0 Å². The van der Waals surface area contributed by atoms with Gasteiger partial charge in [-0.05, 0) is 38.8 Å². The molecule has 9 nitrogen and oxygen atoms in total. The van der Waals surface area contributed by atoms with Gasteiger partial charge in [0.15, 0.2) is 5.82 Å². The van der Waals surface area contributed by atoms with Crippen LogP contribution in [0.5, 0.6) is 0 Å². The first kappa shape index (κ1) is 28.1. The van der Waals surface area contributed by atoms with Crippen LogP contribution < -0.4 is 14.7 Å². The van der Waals surface area contributed by atoms with E-state index >= 15 is 0 Å². The third-order valence-electron chi connectivity index (χ3n) is 7.67. The summed E-state index contributed by atoms with van der Waals surface area (Å²) in [5, 5.41) is 4.16. The van der Waals surface area contributed by atoms with Gasteiger partial charge in [-0.2, -0.15) is 10.1 Å². The van der Waals surface area contributed by atoms with E-state index in [0.717, 1.165) is 81.8 Å². The Morgan fingerprint density at radius 3 is 2.52 bits per heavy atom. The minimum absolute atomic E-state index is 0.0122. The average Bonchev–Trinajstić information content (AvgIpc) is 3.34. The van der Waals surface area contributed by atoms with Crippen molar-refractivity contribution in [3.63, 3.8) is 0 Å². The van der Waals surface area contributed by atoms with Gasteiger partial charge in [0.1, 0.15) is 17.0 Å². The van der Waals surface area contributed by atoms with E-state index in [1.54, 1.807) is 0 Å². The summed E-state index contributed by atoms with van der Waals surface area (Å²) in [5.41, 5.74) is 2.76. The Bertz CT molecular complexity index is 1340. The number of terminal acetylenes is 1. The second-order valence-electron chi connectivity index (χ2n) is 10.9. The molecule has 3 aromatic rings. The number of pyridine rings is 1. The van der Waals surface area contributed by atoms with Crippen molar-refractivity contribution in [1.82, 2.24) is 24.5 Å². The molecule has 5 heterocycles. The molecule has 5 rings (SSSR count). The number of fused-ring (bicyclic) bond motifs is 1. The Balaban J connectivity index is 1.23. The predicted octanol–water partition coefficient (Wildman–Crippen LogP) is 3.60. The first-order chi connectivity index (χ1) is 19.4. The number of aromatic nitrogens is 4. The number of ether oxygens (including phenoxy) is 1. The molecule has 0 aromatic carbocycles. The van der Waals surface area contributed by atoms with Gasteiger partial charge in [0.05, 0.1) is 24.1 Å². The summed E-state index contributed by atoms with van der Waals surface area (Å²) in [7, 11) is 0. The number of rotatable bonds is 9. The highest BCUT2D eigenvalue weighted by atomic mass is 19.1. The molecule has 40 heavy (non-hydrogen) atoms. The maximum atomic E-state index is 14.8. The third-order valence-corrected chi connectivity index (χ3v) is 7.67. The highest BCUT2D eigenvalue weighted by Gasteiger charge is 2.30. The van der Waals surface area contributed by atoms with Crippen LogP contribution in [0.25, 0.3) is 5.52 Å². The molecule has 0 N–H and O–H groups in total. The Kier molecular flexibility index (Phi) is 8.72. The number of hydrogen-bond donors (Lipinski definition) is 0. The summed E-state index contributed by atoms with van der Waals surface area (Å²) in [6.45, 7) is 16.3. The van der Waals surface area contributed by atoms with Gasteiger partial charge in [-0.1, -0.05) is 19.8 Å². The monoisotopic (exact) mass is 548 g/mol. The molecule has 0 amide bonds. The molecule has 0 radical (unpaired) electrons. The number of halogens is 1. The fourth-order valence-electron chi connectivity index (χ4n) is 5.90. The van der Waals surface area contributed by atoms with Gasteiger partial charge in [-0.3, -0.25) is 4.90 Å². The fraction of sp³-hybridized carbons (Fsp3) is 0.567. The van der Waals surface area contributed by atoms with Crippen LogP contribution in [0, 0.1) is 25.1 Å². The SMILES string of the molecule is C#Cc1ccc(N2CC(C)OC(CN3CCN(c4cc(C)nc(N(CCC)CCC)n4)CC3)C2)c2c(F)cnn12. The van der Waals surface area contributed by atoms with Crippen molar-refractivity contribution in [2.75, 3.05) is 73.6 Å². The number of piperazine rings is 1. The van der Waals surface area contributed by atoms with Crippen molar-refractivity contribution in [3.05, 3.63) is 41.6 Å². The molecule has 214 valence electrons. The van der Waals surface area contributed by atoms with E-state index in [1.165, 1.54) is 10.7 Å². The summed E-state index contributed by atoms with van der Waals surface area (Å²) >= 11 is 0. The first-order valence-electron chi connectivity index (χ1n) is 14.5. The van der Waals surface area contributed by atoms with Crippen LogP contribution in [0.2, 0.25) is 0 Å². The zero-order valence-electron chi connectivity index (χ0n) is 24.2. The molecule has 0 spiro atoms. The van der Waals surface area contributed by atoms with Crippen molar-refractivity contribution in [3.8, 4) is 12.3 Å². The number of morpholine rings is 1. The lowest BCUT2D eigenvalue weighted by Gasteiger charge is -2.42. The second kappa shape index (κ2) is 12.4. The molecule has 2 atom stereocenters. The van der Waals surface area contributed by atoms with E-state index in [0.29, 0.717) is 24.3 Å². The van der Waals surface area contributed by atoms with Gasteiger partial charge in [0.2, 0.25) is 5.95 Å². The van der Waals surface area contributed by atoms with Crippen molar-refractivity contribution in [2.24, 2.45) is 0 Å². The van der Waals surface area contributed by atoms with Crippen molar-refractivity contribution >= 4 is 23.0 Å². The van der Waals surface area contributed by atoms with Gasteiger partial charge in [0.25, 0.3) is 0 Å². The molecule has 0 bridgehead atoms. The molecule has 3 aromatic heterocycles. The van der Waals surface area contributed by atoms with E-state index in [4.69, 9.17) is 21.1 Å². The van der Waals surface area contributed by atoms with Crippen LogP contribution in [-0.4, -0.2) is 95.6 Å². The molecule has 0 aliphatic carbocycles. The molecular formula is C30H41FN8O. The van der Waals surface area contributed by atoms with E-state index in [2.05, 4.69) is 64.4 Å². The van der Waals surface area contributed by atoms with E-state index in [1.807, 2.05) is 12.1 Å². The zero-order valence-corrected chi connectivity index (χ0v) is 24.2. The maximum absolute atomic E-state index is 14.8. The largest absolute Gasteiger partial charge is 0.370 e. The van der Waals surface area contributed by atoms with Crippen molar-refractivity contribution < 1.29 is 9.13 Å². The maximum Gasteiger partial charge on any atom is 0.227 e. The van der Waals surface area contributed by atoms with Crippen LogP contribution in [0.15, 0.2) is 24.4 Å². The normalized spacial score (nSPS) is 20.2. The summed E-state index contributed by atoms with van der Waals surface area (Å²) in [6.07, 6.45) is 9.03. The van der Waals surface area contributed by atoms with Crippen LogP contribution in [0.1, 0.15) is 45.0 Å². The lowest BCUT2D eigenvalue weighted by molar-refractivity contribution is -0.0327. The standard InChI is InChI=1S/C30H41FN8O/c1-6-11-37(12-7-2)30-33-22(4)17-28(34-30)36-15-13-35(14-16-36)20-25-21-38(19-23(5)40-25)27-10-9-24(8-3)39-29(27)26(31)18-32-39/h3,9-10,17-18,23,25H,6-7,11-16,19-21H2,1-2,4-5H3. The summed E-state index contributed by atoms with van der Waals surface area (Å²) in [4.78, 5) is 19.0. The third kappa shape index (κ3) is 6.01. The van der Waals surface area contributed by atoms with Crippen LogP contribution >= 0.6 is 0 Å². The molecule has 2 aliphatic heterocycles. The Morgan fingerprint density at radius 2 is 1.82 bits per heavy atom. The van der Waals surface area contributed by atoms with E-state index in [-0.39, 0.29) is 18.0 Å². The molecule has 0 saturated carbocycles. The first-order valence-corrected chi connectivity index (χ1v) is 14.5. The minimum atomic E-state index is -0.366. The Morgan fingerprint density at radius 1 is 1.07 bits per heavy atom. The topological polar surface area (TPSA) is 65.3 Å². The minimum Gasteiger partial charge on any atom is -0.370 e. The molecule has 2 fully saturated rings. The highest BCUT2D eigenvalue weighted by Crippen LogP contribution is 2.29. The van der Waals surface area contributed by atoms with Crippen molar-refractivity contribution in [2.45, 2.75) is 52.7 Å². The average molecular weight is 549 g/mol. The van der Waals surface area contributed by atoms with Crippen LogP contribution in [0.3, 0.4) is 0 Å². The smallest absolute Gasteiger partial charge is 0.227 e. The summed E-state index contributed by atoms with van der Waals surface area (Å²) < 4.78 is 22.6. The lowest BCUT2D eigenvalue weighted by atomic mass is 10.1. The predicted molar refractivity (Wildman–Crippen MR) is 158 cm³/mol. The highest BCUT2D eigenvalue weighted by molar-refractivity contribution is 5.75. The number of hydrogen-bond acceptors (Lipinski definition) is 8. The van der Waals surface area contributed by atoms with Gasteiger partial charge in [-0.25, -0.2) is 13.9 Å².